The Hall–Kier alpha value is -2.41. The maximum atomic E-state index is 2.12. The SMILES string of the molecule is [Ti].c1ccc(-c2ccccc2)cc1.c1ccc(-c2ccccc2)cc1. The molecule has 0 nitrogen and oxygen atoms in total. The Morgan fingerprint density at radius 3 is 0.560 bits per heavy atom. The van der Waals surface area contributed by atoms with E-state index in [4.69, 9.17) is 0 Å². The minimum Gasteiger partial charge on any atom is -0.0622 e. The van der Waals surface area contributed by atoms with Crippen LogP contribution in [0.2, 0.25) is 0 Å². The molecule has 0 aliphatic heterocycles. The molecule has 0 aromatic heterocycles. The molecule has 0 spiro atoms. The van der Waals surface area contributed by atoms with Gasteiger partial charge in [-0.15, -0.1) is 0 Å². The molecule has 0 amide bonds. The fourth-order valence-electron chi connectivity index (χ4n) is 2.52. The van der Waals surface area contributed by atoms with E-state index < -0.39 is 0 Å². The summed E-state index contributed by atoms with van der Waals surface area (Å²) in [5.41, 5.74) is 5.10. The van der Waals surface area contributed by atoms with Gasteiger partial charge in [0.2, 0.25) is 0 Å². The smallest absolute Gasteiger partial charge is 0 e. The van der Waals surface area contributed by atoms with Gasteiger partial charge in [-0.2, -0.15) is 0 Å². The van der Waals surface area contributed by atoms with Crippen molar-refractivity contribution >= 4 is 0 Å². The van der Waals surface area contributed by atoms with E-state index in [1.165, 1.54) is 22.3 Å². The van der Waals surface area contributed by atoms with Crippen LogP contribution in [0.15, 0.2) is 121 Å². The van der Waals surface area contributed by atoms with Gasteiger partial charge in [0.25, 0.3) is 0 Å². The van der Waals surface area contributed by atoms with Gasteiger partial charge in [-0.05, 0) is 22.3 Å². The normalized spacial score (nSPS) is 9.28. The van der Waals surface area contributed by atoms with Gasteiger partial charge in [-0.3, -0.25) is 0 Å². The molecule has 0 atom stereocenters. The monoisotopic (exact) mass is 356 g/mol. The Bertz CT molecular complexity index is 676. The molecule has 0 N–H and O–H groups in total. The van der Waals surface area contributed by atoms with E-state index in [-0.39, 0.29) is 21.7 Å². The van der Waals surface area contributed by atoms with E-state index in [1.54, 1.807) is 0 Å². The molecule has 25 heavy (non-hydrogen) atoms. The second-order valence-corrected chi connectivity index (χ2v) is 5.46. The van der Waals surface area contributed by atoms with Crippen molar-refractivity contribution in [3.8, 4) is 22.3 Å². The summed E-state index contributed by atoms with van der Waals surface area (Å²) in [6.45, 7) is 0. The first-order valence-corrected chi connectivity index (χ1v) is 8.14. The number of hydrogen-bond donors (Lipinski definition) is 0. The molecule has 0 bridgehead atoms. The van der Waals surface area contributed by atoms with Crippen LogP contribution in [0, 0.1) is 0 Å². The van der Waals surface area contributed by atoms with Crippen LogP contribution in [-0.4, -0.2) is 0 Å². The van der Waals surface area contributed by atoms with Crippen molar-refractivity contribution in [3.05, 3.63) is 121 Å². The maximum Gasteiger partial charge on any atom is 0 e. The van der Waals surface area contributed by atoms with E-state index in [1.807, 2.05) is 24.3 Å². The quantitative estimate of drug-likeness (QED) is 0.350. The van der Waals surface area contributed by atoms with Crippen LogP contribution < -0.4 is 0 Å². The second-order valence-electron chi connectivity index (χ2n) is 5.46. The van der Waals surface area contributed by atoms with Crippen molar-refractivity contribution in [2.24, 2.45) is 0 Å². The van der Waals surface area contributed by atoms with Gasteiger partial charge in [0.1, 0.15) is 0 Å². The summed E-state index contributed by atoms with van der Waals surface area (Å²) < 4.78 is 0. The van der Waals surface area contributed by atoms with E-state index in [2.05, 4.69) is 97.1 Å². The van der Waals surface area contributed by atoms with E-state index in [0.717, 1.165) is 0 Å². The Balaban J connectivity index is 0.000000173. The zero-order valence-electron chi connectivity index (χ0n) is 14.0. The minimum absolute atomic E-state index is 0. The third-order valence-corrected chi connectivity index (χ3v) is 3.76. The zero-order valence-corrected chi connectivity index (χ0v) is 15.6. The number of hydrogen-bond acceptors (Lipinski definition) is 0. The third-order valence-electron chi connectivity index (χ3n) is 3.76. The first-order valence-electron chi connectivity index (χ1n) is 8.14. The van der Waals surface area contributed by atoms with E-state index in [9.17, 15) is 0 Å². The molecule has 1 heteroatoms. The predicted molar refractivity (Wildman–Crippen MR) is 104 cm³/mol. The molecule has 4 aromatic rings. The van der Waals surface area contributed by atoms with Gasteiger partial charge in [0.15, 0.2) is 0 Å². The summed E-state index contributed by atoms with van der Waals surface area (Å²) in [6, 6.07) is 41.6. The Kier molecular flexibility index (Phi) is 7.92. The number of rotatable bonds is 2. The standard InChI is InChI=1S/2C12H10.Ti/c2*1-3-7-11(8-4-1)12-9-5-2-6-10-12;/h2*1-10H;. The maximum absolute atomic E-state index is 2.12. The summed E-state index contributed by atoms with van der Waals surface area (Å²) in [5, 5.41) is 0. The van der Waals surface area contributed by atoms with Gasteiger partial charge in [0.05, 0.1) is 0 Å². The van der Waals surface area contributed by atoms with Gasteiger partial charge in [-0.1, -0.05) is 121 Å². The van der Waals surface area contributed by atoms with Crippen LogP contribution in [0.25, 0.3) is 22.3 Å². The van der Waals surface area contributed by atoms with Crippen molar-refractivity contribution in [1.82, 2.24) is 0 Å². The van der Waals surface area contributed by atoms with E-state index in [0.29, 0.717) is 0 Å². The molecular weight excluding hydrogens is 336 g/mol. The zero-order chi connectivity index (χ0) is 16.5. The van der Waals surface area contributed by atoms with Crippen LogP contribution in [-0.2, 0) is 21.7 Å². The predicted octanol–water partition coefficient (Wildman–Crippen LogP) is 6.70. The van der Waals surface area contributed by atoms with Crippen molar-refractivity contribution < 1.29 is 21.7 Å². The average molecular weight is 356 g/mol. The molecule has 0 saturated carbocycles. The first-order chi connectivity index (χ1) is 11.9. The Morgan fingerprint density at radius 2 is 0.400 bits per heavy atom. The molecule has 0 heterocycles. The third kappa shape index (κ3) is 5.87. The summed E-state index contributed by atoms with van der Waals surface area (Å²) in [6.07, 6.45) is 0. The van der Waals surface area contributed by atoms with Gasteiger partial charge in [0, 0.05) is 21.7 Å². The van der Waals surface area contributed by atoms with Crippen LogP contribution in [0.4, 0.5) is 0 Å². The molecule has 0 aliphatic rings. The fraction of sp³-hybridized carbons (Fsp3) is 0. The van der Waals surface area contributed by atoms with Crippen LogP contribution >= 0.6 is 0 Å². The topological polar surface area (TPSA) is 0 Å². The van der Waals surface area contributed by atoms with Crippen molar-refractivity contribution in [2.45, 2.75) is 0 Å². The van der Waals surface area contributed by atoms with Gasteiger partial charge < -0.3 is 0 Å². The molecule has 0 fully saturated rings. The Labute approximate surface area is 165 Å². The van der Waals surface area contributed by atoms with Gasteiger partial charge in [-0.25, -0.2) is 0 Å². The molecule has 0 unspecified atom stereocenters. The first kappa shape index (κ1) is 18.9. The molecule has 0 aliphatic carbocycles. The fourth-order valence-corrected chi connectivity index (χ4v) is 2.52. The summed E-state index contributed by atoms with van der Waals surface area (Å²) >= 11 is 0. The molecule has 120 valence electrons. The van der Waals surface area contributed by atoms with Crippen molar-refractivity contribution in [1.29, 1.82) is 0 Å². The summed E-state index contributed by atoms with van der Waals surface area (Å²) in [7, 11) is 0. The number of benzene rings is 4. The second kappa shape index (κ2) is 10.5. The van der Waals surface area contributed by atoms with Crippen LogP contribution in [0.5, 0.6) is 0 Å². The summed E-state index contributed by atoms with van der Waals surface area (Å²) in [5.74, 6) is 0. The minimum atomic E-state index is 0. The van der Waals surface area contributed by atoms with Gasteiger partial charge >= 0.3 is 0 Å². The summed E-state index contributed by atoms with van der Waals surface area (Å²) in [4.78, 5) is 0. The largest absolute Gasteiger partial charge is 0.0622 e. The molecule has 4 aromatic carbocycles. The van der Waals surface area contributed by atoms with Crippen LogP contribution in [0.1, 0.15) is 0 Å². The molecular formula is C24H20Ti. The average Bonchev–Trinajstić information content (AvgIpc) is 2.71. The Morgan fingerprint density at radius 1 is 0.240 bits per heavy atom. The molecule has 4 rings (SSSR count). The molecule has 0 saturated heterocycles. The van der Waals surface area contributed by atoms with Crippen LogP contribution in [0.3, 0.4) is 0 Å². The van der Waals surface area contributed by atoms with Crippen molar-refractivity contribution in [3.63, 3.8) is 0 Å². The molecule has 0 radical (unpaired) electrons. The van der Waals surface area contributed by atoms with E-state index >= 15 is 0 Å². The van der Waals surface area contributed by atoms with Crippen molar-refractivity contribution in [2.75, 3.05) is 0 Å².